The Balaban J connectivity index is 0.0000127. The van der Waals surface area contributed by atoms with Gasteiger partial charge < -0.3 is 131 Å². The molecule has 2 saturated heterocycles. The second kappa shape index (κ2) is 62.8. The number of aliphatic hydroxyl groups excluding tert-OH is 2. The Hall–Kier alpha value is -8.97. The molecule has 0 bridgehead atoms. The number of nitrogens with one attached hydrogen (secondary N) is 15. The molecule has 0 radical (unpaired) electrons. The molecule has 5 aromatic rings. The van der Waals surface area contributed by atoms with E-state index in [0.717, 1.165) is 46.1 Å². The van der Waals surface area contributed by atoms with Gasteiger partial charge in [-0.2, -0.15) is 12.8 Å². The zero-order chi connectivity index (χ0) is 96.3. The van der Waals surface area contributed by atoms with Crippen molar-refractivity contribution in [1.82, 2.24) is 94.5 Å². The molecule has 41 nitrogen and oxygen atoms in total. The third-order valence-corrected chi connectivity index (χ3v) is 23.5. The predicted octanol–water partition coefficient (Wildman–Crippen LogP) is -2.96. The molecule has 15 amide bonds. The average molecular weight is 2340 g/mol. The zero-order valence-corrected chi connectivity index (χ0v) is 83.1. The molecule has 7 rings (SSSR count). The van der Waals surface area contributed by atoms with Crippen molar-refractivity contribution in [2.24, 2.45) is 5.92 Å². The maximum absolute atomic E-state index is 15.3. The molecule has 0 aromatic heterocycles. The van der Waals surface area contributed by atoms with Crippen LogP contribution in [-0.2, 0) is 114 Å². The second-order valence-electron chi connectivity index (χ2n) is 32.1. The summed E-state index contributed by atoms with van der Waals surface area (Å²) < 4.78 is 0. The number of phenolic OH excluding ortho intramolecular Hbond substituents is 2. The van der Waals surface area contributed by atoms with Gasteiger partial charge in [-0.1, -0.05) is 145 Å². The number of phenols is 2. The van der Waals surface area contributed by atoms with Gasteiger partial charge in [0.05, 0.1) is 56.6 Å². The SMILES string of the molecule is [CH2-]C(=O)NCCN(CCC)CC(=O)NCc1cccc(CNC(=O)[C@H](CC(=O)O)NC(=O)[C@H](Cc2ccc(-c3ccccc3)cc2)N[C@H](O)[C@@H]2CSSC[C@H](NC(=O)[C@@H]3CCCN3C(=O)[C@H](CC(C)C)NC(=O)CN(CCN[C-]=O)CCN[C-]=O)C(=O)N[C@@H](CC(=O)O)C(=O)N[C@@H](Cc3ccc(O)cc3)C(=O)N[C@@H](Cc3ccc(O)cc3)C(=O)NCC(=O)N[C@@H](C(C)O)C(=O)N2)c1.[Gd].[Gd].[Gd]. The van der Waals surface area contributed by atoms with Crippen LogP contribution in [0.3, 0.4) is 0 Å². The van der Waals surface area contributed by atoms with Crippen molar-refractivity contribution in [3.05, 3.63) is 162 Å². The summed E-state index contributed by atoms with van der Waals surface area (Å²) in [6.07, 6.45) is -3.21. The van der Waals surface area contributed by atoms with E-state index in [1.807, 2.05) is 42.2 Å². The monoisotopic (exact) mass is 2340 g/mol. The summed E-state index contributed by atoms with van der Waals surface area (Å²) in [7, 11) is 1.54. The van der Waals surface area contributed by atoms with E-state index >= 15 is 14.4 Å². The minimum absolute atomic E-state index is 0. The molecule has 0 aliphatic carbocycles. The molecule has 46 heteroatoms. The van der Waals surface area contributed by atoms with Gasteiger partial charge in [-0.3, -0.25) is 82.2 Å². The van der Waals surface area contributed by atoms with Crippen LogP contribution in [0.15, 0.2) is 127 Å². The van der Waals surface area contributed by atoms with Gasteiger partial charge in [-0.25, -0.2) is 0 Å². The Morgan fingerprint density at radius 2 is 1.11 bits per heavy atom. The molecule has 1 unspecified atom stereocenters. The molecule has 740 valence electrons. The van der Waals surface area contributed by atoms with Crippen LogP contribution in [0.5, 0.6) is 11.5 Å². The maximum Gasteiger partial charge on any atom is 0.305 e. The van der Waals surface area contributed by atoms with E-state index in [2.05, 4.69) is 86.7 Å². The molecule has 2 aliphatic rings. The number of aromatic hydroxyl groups is 2. The number of aliphatic carboxylic acids is 2. The van der Waals surface area contributed by atoms with E-state index < -0.39 is 193 Å². The van der Waals surface area contributed by atoms with E-state index in [-0.39, 0.29) is 246 Å². The molecule has 0 saturated carbocycles. The number of hydrogen-bond acceptors (Lipinski definition) is 26. The van der Waals surface area contributed by atoms with E-state index in [0.29, 0.717) is 35.3 Å². The van der Waals surface area contributed by atoms with Crippen LogP contribution in [0.2, 0.25) is 0 Å². The fourth-order valence-corrected chi connectivity index (χ4v) is 16.8. The number of benzene rings is 5. The van der Waals surface area contributed by atoms with Crippen LogP contribution in [-0.4, -0.2) is 303 Å². The van der Waals surface area contributed by atoms with Gasteiger partial charge in [0.25, 0.3) is 0 Å². The molecule has 2 aliphatic heterocycles. The molecule has 21 N–H and O–H groups in total. The molecule has 2 fully saturated rings. The van der Waals surface area contributed by atoms with Crippen LogP contribution < -0.4 is 79.8 Å². The normalized spacial score (nSPS) is 18.6. The smallest absolute Gasteiger partial charge is 0.305 e. The predicted molar refractivity (Wildman–Crippen MR) is 485 cm³/mol. The fourth-order valence-electron chi connectivity index (χ4n) is 14.4. The van der Waals surface area contributed by atoms with Gasteiger partial charge in [-0.15, -0.1) is 0 Å². The summed E-state index contributed by atoms with van der Waals surface area (Å²) in [5.41, 5.74) is 3.69. The van der Waals surface area contributed by atoms with Crippen LogP contribution >= 0.6 is 21.6 Å². The Kier molecular flexibility index (Phi) is 55.0. The first kappa shape index (κ1) is 118. The van der Waals surface area contributed by atoms with Gasteiger partial charge in [0.1, 0.15) is 66.1 Å². The fraction of sp³-hybridized carbons (Fsp3) is 0.461. The van der Waals surface area contributed by atoms with E-state index in [9.17, 15) is 97.8 Å². The molecule has 5 aromatic carbocycles. The van der Waals surface area contributed by atoms with Gasteiger partial charge in [0.2, 0.25) is 70.9 Å². The Morgan fingerprint density at radius 1 is 0.563 bits per heavy atom. The van der Waals surface area contributed by atoms with Crippen LogP contribution in [0, 0.1) is 133 Å². The minimum Gasteiger partial charge on any atom is -0.529 e. The van der Waals surface area contributed by atoms with Crippen molar-refractivity contribution in [3.63, 3.8) is 0 Å². The van der Waals surface area contributed by atoms with Gasteiger partial charge in [0.15, 0.2) is 0 Å². The van der Waals surface area contributed by atoms with Gasteiger partial charge in [-0.05, 0) is 128 Å². The first-order valence-corrected chi connectivity index (χ1v) is 45.4. The minimum atomic E-state index is -2.14. The topological polar surface area (TPSA) is 602 Å². The van der Waals surface area contributed by atoms with Crippen molar-refractivity contribution in [2.75, 3.05) is 83.5 Å². The zero-order valence-electron chi connectivity index (χ0n) is 74.6. The number of carbonyl (C=O) groups is 15. The molecule has 135 heavy (non-hydrogen) atoms. The Morgan fingerprint density at radius 3 is 1.68 bits per heavy atom. The van der Waals surface area contributed by atoms with Crippen molar-refractivity contribution < 1.29 is 232 Å². The van der Waals surface area contributed by atoms with Crippen molar-refractivity contribution in [3.8, 4) is 22.6 Å². The number of carboxylic acid groups (broad SMARTS) is 2. The molecule has 0 spiro atoms. The van der Waals surface area contributed by atoms with Crippen molar-refractivity contribution in [1.29, 1.82) is 0 Å². The number of aliphatic hydroxyl groups is 2. The van der Waals surface area contributed by atoms with Gasteiger partial charge in [0, 0.05) is 190 Å². The summed E-state index contributed by atoms with van der Waals surface area (Å²) in [6, 6.07) is 16.2. The van der Waals surface area contributed by atoms with E-state index in [1.165, 1.54) is 53.4 Å². The van der Waals surface area contributed by atoms with Crippen LogP contribution in [0.1, 0.15) is 94.0 Å². The number of rotatable bonds is 45. The molecular formula is C89H117Gd3N18O23S2-3. The Bertz CT molecular complexity index is 4730. The summed E-state index contributed by atoms with van der Waals surface area (Å²) in [5, 5.41) is 104. The number of hydrogen-bond donors (Lipinski definition) is 21. The summed E-state index contributed by atoms with van der Waals surface area (Å²) in [4.78, 5) is 239. The summed E-state index contributed by atoms with van der Waals surface area (Å²) >= 11 is 0. The summed E-state index contributed by atoms with van der Waals surface area (Å²) in [5.74, 6) is -17.1. The number of amides is 15. The van der Waals surface area contributed by atoms with Crippen LogP contribution in [0.25, 0.3) is 11.1 Å². The maximum atomic E-state index is 15.3. The molecule has 2 heterocycles. The third-order valence-electron chi connectivity index (χ3n) is 21.0. The second-order valence-corrected chi connectivity index (χ2v) is 34.6. The Labute approximate surface area is 885 Å². The average Bonchev–Trinajstić information content (AvgIpc) is 1.77. The van der Waals surface area contributed by atoms with Crippen molar-refractivity contribution >= 4 is 123 Å². The van der Waals surface area contributed by atoms with Crippen LogP contribution in [0.4, 0.5) is 0 Å². The quantitative estimate of drug-likeness (QED) is 0.00609. The molecular weight excluding hydrogens is 2220 g/mol. The number of carbonyl (C=O) groups excluding carboxylic acids is 15. The first-order valence-electron chi connectivity index (χ1n) is 43.0. The molecule has 12 atom stereocenters. The van der Waals surface area contributed by atoms with Gasteiger partial charge >= 0.3 is 11.9 Å². The summed E-state index contributed by atoms with van der Waals surface area (Å²) in [6.45, 7) is 10.1. The first-order chi connectivity index (χ1) is 63.1. The number of carboxylic acids is 2. The largest absolute Gasteiger partial charge is 0.529 e. The number of nitrogens with zero attached hydrogens (tertiary/aromatic N) is 3. The van der Waals surface area contributed by atoms with Crippen molar-refractivity contribution in [2.45, 2.75) is 171 Å². The standard InChI is InChI=1S/C89H117N18O23S2.3Gd/c1-6-32-105(36-31-92-55(5)111)47-75(115)93-44-59-12-10-13-60(38-59)45-94-81(122)68(42-77(117)118)100-83(124)67(40-56-17-23-62(24-18-56)61-14-8-7-9-15-61)99-86(127)72-50-132-131-49-71(102-87(128)73-16-11-33-107(73)89(130)70(37-53(2)3)96-76(116)48-106(34-29-90-51-108)35-30-91-52-109)85(126)101-69(43-78(119)120)84(125)98-66(41-58-21-27-64(113)28-22-58)82(123)97-65(39-57-19-25-63(112)26-20-57)80(121)95-46-74(114)104-79(54(4)110)88(129)103-72;;;/h7-10,12-15,17-28,38,53-54,65-73,79,86,99,110,112-113,127H,5-6,11,16,29-37,39-50H2,1-4H3,(H,90,108)(H,91,109)(H,92,111)(H,93,115)(H,94,122)(H,95,121)(H,96,116)(H,97,123)(H,98,125)(H,100,124)(H,101,126)(H,102,128)(H,103,129)(H,104,114)(H,117,118)(H,119,120);;;/q-3;;;/t54?,65-,66-,67-,68-,69-,70-,71-,72-,73-,79-,86+;;;/m0.../s1. The third kappa shape index (κ3) is 42.9. The van der Waals surface area contributed by atoms with E-state index in [1.54, 1.807) is 80.1 Å². The van der Waals surface area contributed by atoms with E-state index in [4.69, 9.17) is 0 Å². The number of likely N-dealkylation sites (tertiary alicyclic amines) is 1.